The molecular formula is C21H17N7O6S2. The van der Waals surface area contributed by atoms with Crippen molar-refractivity contribution in [1.82, 2.24) is 19.9 Å². The van der Waals surface area contributed by atoms with Gasteiger partial charge in [0.2, 0.25) is 15.8 Å². The number of nitrogens with one attached hydrogen (secondary N) is 2. The minimum Gasteiger partial charge on any atom is -0.493 e. The summed E-state index contributed by atoms with van der Waals surface area (Å²) in [6, 6.07) is 8.16. The van der Waals surface area contributed by atoms with Crippen molar-refractivity contribution in [3.05, 3.63) is 52.7 Å². The fraction of sp³-hybridized carbons (Fsp3) is 0.0952. The van der Waals surface area contributed by atoms with E-state index in [9.17, 15) is 18.5 Å². The predicted octanol–water partition coefficient (Wildman–Crippen LogP) is 3.65. The van der Waals surface area contributed by atoms with Gasteiger partial charge < -0.3 is 25.5 Å². The second kappa shape index (κ2) is 8.62. The van der Waals surface area contributed by atoms with Crippen LogP contribution in [0.1, 0.15) is 0 Å². The molecule has 2 aromatic carbocycles. The topological polar surface area (TPSA) is 188 Å². The molecular weight excluding hydrogens is 510 g/mol. The Labute approximate surface area is 207 Å². The molecule has 3 heterocycles. The zero-order valence-corrected chi connectivity index (χ0v) is 20.3. The van der Waals surface area contributed by atoms with E-state index in [4.69, 9.17) is 15.2 Å². The molecule has 0 spiro atoms. The number of thiazole rings is 1. The summed E-state index contributed by atoms with van der Waals surface area (Å²) in [6.45, 7) is 0. The van der Waals surface area contributed by atoms with Crippen molar-refractivity contribution in [3.8, 4) is 11.5 Å². The van der Waals surface area contributed by atoms with Gasteiger partial charge in [0.1, 0.15) is 15.7 Å². The maximum Gasteiger partial charge on any atom is 0.269 e. The fourth-order valence-electron chi connectivity index (χ4n) is 3.64. The van der Waals surface area contributed by atoms with Crippen LogP contribution in [-0.2, 0) is 9.84 Å². The zero-order chi connectivity index (χ0) is 25.6. The number of anilines is 3. The van der Waals surface area contributed by atoms with Crippen molar-refractivity contribution in [2.45, 2.75) is 9.10 Å². The Kier molecular flexibility index (Phi) is 5.57. The lowest BCUT2D eigenvalue weighted by atomic mass is 10.2. The largest absolute Gasteiger partial charge is 0.493 e. The van der Waals surface area contributed by atoms with Gasteiger partial charge >= 0.3 is 0 Å². The van der Waals surface area contributed by atoms with Crippen LogP contribution in [0.4, 0.5) is 22.6 Å². The van der Waals surface area contributed by atoms with Crippen LogP contribution in [0.3, 0.4) is 0 Å². The van der Waals surface area contributed by atoms with Gasteiger partial charge in [-0.25, -0.2) is 13.4 Å². The summed E-state index contributed by atoms with van der Waals surface area (Å²) < 4.78 is 36.7. The SMILES string of the molecule is COc1cc2[nH]c3nc(N)nc(Nc4ncc(S(=O)(=O)c5ccc([N+](=O)[O-])cc5)s4)c3c2cc1OC. The maximum atomic E-state index is 13.0. The Bertz CT molecular complexity index is 1750. The van der Waals surface area contributed by atoms with E-state index in [0.29, 0.717) is 33.9 Å². The molecule has 4 N–H and O–H groups in total. The van der Waals surface area contributed by atoms with Crippen LogP contribution in [0, 0.1) is 10.1 Å². The van der Waals surface area contributed by atoms with Gasteiger partial charge in [0.05, 0.1) is 41.1 Å². The number of fused-ring (bicyclic) bond motifs is 3. The lowest BCUT2D eigenvalue weighted by Crippen LogP contribution is -2.01. The molecule has 0 saturated heterocycles. The minimum atomic E-state index is -3.94. The van der Waals surface area contributed by atoms with E-state index in [-0.39, 0.29) is 25.9 Å². The average molecular weight is 528 g/mol. The van der Waals surface area contributed by atoms with Crippen LogP contribution in [0.2, 0.25) is 0 Å². The first-order valence-electron chi connectivity index (χ1n) is 10.1. The number of hydrogen-bond acceptors (Lipinski definition) is 12. The van der Waals surface area contributed by atoms with Gasteiger partial charge in [-0.15, -0.1) is 0 Å². The highest BCUT2D eigenvalue weighted by molar-refractivity contribution is 7.93. The monoisotopic (exact) mass is 527 g/mol. The number of nitro groups is 1. The van der Waals surface area contributed by atoms with E-state index in [1.807, 2.05) is 0 Å². The highest BCUT2D eigenvalue weighted by atomic mass is 32.2. The van der Waals surface area contributed by atoms with Crippen LogP contribution in [-0.4, -0.2) is 47.5 Å². The van der Waals surface area contributed by atoms with Gasteiger partial charge in [-0.3, -0.25) is 10.1 Å². The normalized spacial score (nSPS) is 11.6. The van der Waals surface area contributed by atoms with Gasteiger partial charge in [0.25, 0.3) is 5.69 Å². The molecule has 5 aromatic rings. The second-order valence-electron chi connectivity index (χ2n) is 7.40. The summed E-state index contributed by atoms with van der Waals surface area (Å²) in [6.07, 6.45) is 1.20. The van der Waals surface area contributed by atoms with Crippen molar-refractivity contribution < 1.29 is 22.8 Å². The molecule has 36 heavy (non-hydrogen) atoms. The molecule has 0 saturated carbocycles. The van der Waals surface area contributed by atoms with Gasteiger partial charge in [-0.2, -0.15) is 9.97 Å². The zero-order valence-electron chi connectivity index (χ0n) is 18.7. The summed E-state index contributed by atoms with van der Waals surface area (Å²) in [4.78, 5) is 26.1. The lowest BCUT2D eigenvalue weighted by Gasteiger charge is -2.08. The third-order valence-corrected chi connectivity index (χ3v) is 8.45. The molecule has 0 aliphatic rings. The summed E-state index contributed by atoms with van der Waals surface area (Å²) in [5.74, 6) is 1.32. The van der Waals surface area contributed by atoms with Gasteiger partial charge in [0, 0.05) is 23.6 Å². The minimum absolute atomic E-state index is 0.00855. The number of nitrogen functional groups attached to an aromatic ring is 1. The first kappa shape index (κ1) is 23.3. The smallest absolute Gasteiger partial charge is 0.269 e. The summed E-state index contributed by atoms with van der Waals surface area (Å²) in [7, 11) is -0.893. The number of hydrogen-bond donors (Lipinski definition) is 3. The average Bonchev–Trinajstić information content (AvgIpc) is 3.47. The van der Waals surface area contributed by atoms with E-state index in [0.717, 1.165) is 28.9 Å². The lowest BCUT2D eigenvalue weighted by molar-refractivity contribution is -0.384. The Hall–Kier alpha value is -4.50. The molecule has 0 atom stereocenters. The van der Waals surface area contributed by atoms with E-state index >= 15 is 0 Å². The number of sulfone groups is 1. The molecule has 0 amide bonds. The second-order valence-corrected chi connectivity index (χ2v) is 10.6. The number of ether oxygens (including phenoxy) is 2. The molecule has 15 heteroatoms. The molecule has 0 unspecified atom stereocenters. The Balaban J connectivity index is 1.54. The first-order valence-corrected chi connectivity index (χ1v) is 12.4. The number of aromatic nitrogens is 4. The number of aromatic amines is 1. The van der Waals surface area contributed by atoms with Crippen LogP contribution < -0.4 is 20.5 Å². The van der Waals surface area contributed by atoms with Crippen molar-refractivity contribution in [3.63, 3.8) is 0 Å². The molecule has 5 rings (SSSR count). The third-order valence-electron chi connectivity index (χ3n) is 5.30. The van der Waals surface area contributed by atoms with Gasteiger partial charge in [-0.05, 0) is 18.2 Å². The van der Waals surface area contributed by atoms with Crippen molar-refractivity contribution in [2.75, 3.05) is 25.3 Å². The first-order chi connectivity index (χ1) is 17.2. The Morgan fingerprint density at radius 1 is 1.11 bits per heavy atom. The Morgan fingerprint density at radius 3 is 2.47 bits per heavy atom. The van der Waals surface area contributed by atoms with E-state index in [1.54, 1.807) is 12.1 Å². The van der Waals surface area contributed by atoms with E-state index < -0.39 is 14.8 Å². The van der Waals surface area contributed by atoms with Gasteiger partial charge in [-0.1, -0.05) is 11.3 Å². The molecule has 0 radical (unpaired) electrons. The molecule has 3 aromatic heterocycles. The highest BCUT2D eigenvalue weighted by Gasteiger charge is 2.23. The molecule has 0 bridgehead atoms. The molecule has 0 aliphatic carbocycles. The van der Waals surface area contributed by atoms with Crippen LogP contribution in [0.5, 0.6) is 11.5 Å². The summed E-state index contributed by atoms with van der Waals surface area (Å²) in [5, 5.41) is 15.4. The number of nitrogens with two attached hydrogens (primary N) is 1. The van der Waals surface area contributed by atoms with Crippen LogP contribution in [0.25, 0.3) is 21.9 Å². The fourth-order valence-corrected chi connectivity index (χ4v) is 6.07. The quantitative estimate of drug-likeness (QED) is 0.207. The number of non-ortho nitro benzene ring substituents is 1. The summed E-state index contributed by atoms with van der Waals surface area (Å²) >= 11 is 0.876. The number of methoxy groups -OCH3 is 2. The van der Waals surface area contributed by atoms with E-state index in [1.165, 1.54) is 32.5 Å². The highest BCUT2D eigenvalue weighted by Crippen LogP contribution is 2.39. The number of rotatable bonds is 7. The molecule has 184 valence electrons. The van der Waals surface area contributed by atoms with Gasteiger partial charge in [0.15, 0.2) is 16.6 Å². The number of benzene rings is 2. The maximum absolute atomic E-state index is 13.0. The molecule has 13 nitrogen and oxygen atoms in total. The molecule has 0 aliphatic heterocycles. The van der Waals surface area contributed by atoms with Crippen LogP contribution >= 0.6 is 11.3 Å². The molecule has 0 fully saturated rings. The van der Waals surface area contributed by atoms with Crippen LogP contribution in [0.15, 0.2) is 51.7 Å². The van der Waals surface area contributed by atoms with Crippen molar-refractivity contribution in [2.24, 2.45) is 0 Å². The number of H-pyrrole nitrogens is 1. The Morgan fingerprint density at radius 2 is 1.81 bits per heavy atom. The number of nitro benzene ring substituents is 1. The summed E-state index contributed by atoms with van der Waals surface area (Å²) in [5.41, 5.74) is 6.84. The number of nitrogens with zero attached hydrogens (tertiary/aromatic N) is 4. The third kappa shape index (κ3) is 3.89. The predicted molar refractivity (Wildman–Crippen MR) is 133 cm³/mol. The van der Waals surface area contributed by atoms with Crippen molar-refractivity contribution >= 4 is 65.7 Å². The van der Waals surface area contributed by atoms with Crippen molar-refractivity contribution in [1.29, 1.82) is 0 Å². The standard InChI is InChI=1S/C21H17N7O6S2/c1-33-14-7-12-13(8-15(14)34-2)24-18-17(12)19(26-20(22)25-18)27-21-23-9-16(35-21)36(31,32)11-5-3-10(4-6-11)28(29)30/h3-9H,1-2H3,(H4,22,23,24,25,26,27). The van der Waals surface area contributed by atoms with E-state index in [2.05, 4.69) is 25.3 Å².